The molecule has 0 atom stereocenters. The summed E-state index contributed by atoms with van der Waals surface area (Å²) in [4.78, 5) is 19.5. The second kappa shape index (κ2) is 10.00. The molecule has 4 rings (SSSR count). The Bertz CT molecular complexity index is 1290. The molecule has 180 valence electrons. The van der Waals surface area contributed by atoms with E-state index in [2.05, 4.69) is 4.99 Å². The van der Waals surface area contributed by atoms with Gasteiger partial charge in [-0.2, -0.15) is 13.2 Å². The highest BCUT2D eigenvalue weighted by atomic mass is 32.2. The number of carbonyl (C=O) groups excluding carboxylic acids is 1. The number of anilines is 1. The largest absolute Gasteiger partial charge is 0.497 e. The van der Waals surface area contributed by atoms with E-state index in [0.29, 0.717) is 22.2 Å². The van der Waals surface area contributed by atoms with Crippen LogP contribution in [0.3, 0.4) is 0 Å². The number of halogens is 3. The molecule has 0 spiro atoms. The van der Waals surface area contributed by atoms with Crippen LogP contribution in [0.2, 0.25) is 0 Å². The van der Waals surface area contributed by atoms with E-state index in [1.165, 1.54) is 22.7 Å². The topological polar surface area (TPSA) is 41.9 Å². The fourth-order valence-corrected chi connectivity index (χ4v) is 4.70. The average molecular weight is 497 g/mol. The van der Waals surface area contributed by atoms with E-state index >= 15 is 0 Å². The average Bonchev–Trinajstić information content (AvgIpc) is 3.12. The zero-order valence-electron chi connectivity index (χ0n) is 19.4. The van der Waals surface area contributed by atoms with Gasteiger partial charge in [0.15, 0.2) is 5.17 Å². The zero-order chi connectivity index (χ0) is 25.2. The van der Waals surface area contributed by atoms with Gasteiger partial charge in [-0.25, -0.2) is 4.99 Å². The van der Waals surface area contributed by atoms with Crippen LogP contribution in [0.25, 0.3) is 6.08 Å². The van der Waals surface area contributed by atoms with Crippen LogP contribution in [-0.2, 0) is 16.7 Å². The monoisotopic (exact) mass is 496 g/mol. The first-order valence-electron chi connectivity index (χ1n) is 10.8. The molecule has 1 aliphatic heterocycles. The van der Waals surface area contributed by atoms with E-state index in [1.807, 2.05) is 44.2 Å². The molecule has 0 unspecified atom stereocenters. The third-order valence-electron chi connectivity index (χ3n) is 5.34. The van der Waals surface area contributed by atoms with Crippen LogP contribution >= 0.6 is 11.8 Å². The Morgan fingerprint density at radius 1 is 1.00 bits per heavy atom. The number of alkyl halides is 3. The molecule has 8 heteroatoms. The SMILES string of the molecule is COc1ccc(C=C2N=C(SCc3cccc(C(F)(F)F)c3)N(c3cc(C)cc(C)c3)C2=O)cc1. The quantitative estimate of drug-likeness (QED) is 0.357. The lowest BCUT2D eigenvalue weighted by Crippen LogP contribution is -2.30. The van der Waals surface area contributed by atoms with E-state index in [9.17, 15) is 18.0 Å². The molecular formula is C27H23F3N2O2S. The van der Waals surface area contributed by atoms with E-state index in [-0.39, 0.29) is 17.4 Å². The van der Waals surface area contributed by atoms with Crippen LogP contribution in [0.5, 0.6) is 5.75 Å². The van der Waals surface area contributed by atoms with Crippen molar-refractivity contribution in [2.24, 2.45) is 4.99 Å². The highest BCUT2D eigenvalue weighted by molar-refractivity contribution is 8.13. The van der Waals surface area contributed by atoms with Gasteiger partial charge < -0.3 is 4.74 Å². The van der Waals surface area contributed by atoms with Crippen molar-refractivity contribution in [1.82, 2.24) is 0 Å². The highest BCUT2D eigenvalue weighted by Gasteiger charge is 2.33. The number of amides is 1. The minimum absolute atomic E-state index is 0.229. The Morgan fingerprint density at radius 3 is 2.31 bits per heavy atom. The minimum Gasteiger partial charge on any atom is -0.497 e. The van der Waals surface area contributed by atoms with Crippen molar-refractivity contribution in [1.29, 1.82) is 0 Å². The minimum atomic E-state index is -4.42. The van der Waals surface area contributed by atoms with Gasteiger partial charge in [0, 0.05) is 5.75 Å². The van der Waals surface area contributed by atoms with Crippen molar-refractivity contribution >= 4 is 34.6 Å². The summed E-state index contributed by atoms with van der Waals surface area (Å²) in [6.07, 6.45) is -2.73. The number of nitrogens with zero attached hydrogens (tertiary/aromatic N) is 2. The molecule has 3 aromatic rings. The first-order chi connectivity index (χ1) is 16.6. The number of hydrogen-bond donors (Lipinski definition) is 0. The lowest BCUT2D eigenvalue weighted by molar-refractivity contribution is -0.137. The lowest BCUT2D eigenvalue weighted by atomic mass is 10.1. The van der Waals surface area contributed by atoms with E-state index < -0.39 is 11.7 Å². The molecular weight excluding hydrogens is 473 g/mol. The van der Waals surface area contributed by atoms with Crippen molar-refractivity contribution in [2.45, 2.75) is 25.8 Å². The Balaban J connectivity index is 1.67. The van der Waals surface area contributed by atoms with Crippen LogP contribution in [0, 0.1) is 13.8 Å². The van der Waals surface area contributed by atoms with Gasteiger partial charge in [0.2, 0.25) is 0 Å². The maximum Gasteiger partial charge on any atom is 0.416 e. The molecule has 0 saturated heterocycles. The Morgan fingerprint density at radius 2 is 1.69 bits per heavy atom. The Labute approximate surface area is 206 Å². The zero-order valence-corrected chi connectivity index (χ0v) is 20.2. The second-order valence-corrected chi connectivity index (χ2v) is 9.11. The molecule has 0 N–H and O–H groups in total. The molecule has 35 heavy (non-hydrogen) atoms. The van der Waals surface area contributed by atoms with Crippen LogP contribution in [0.1, 0.15) is 27.8 Å². The number of benzene rings is 3. The molecule has 0 fully saturated rings. The van der Waals surface area contributed by atoms with Crippen LogP contribution < -0.4 is 9.64 Å². The summed E-state index contributed by atoms with van der Waals surface area (Å²) in [5, 5.41) is 0.414. The highest BCUT2D eigenvalue weighted by Crippen LogP contribution is 2.34. The molecule has 3 aromatic carbocycles. The first kappa shape index (κ1) is 24.6. The van der Waals surface area contributed by atoms with Crippen LogP contribution in [0.15, 0.2) is 77.4 Å². The molecule has 4 nitrogen and oxygen atoms in total. The predicted octanol–water partition coefficient (Wildman–Crippen LogP) is 7.01. The van der Waals surface area contributed by atoms with E-state index in [0.717, 1.165) is 28.8 Å². The van der Waals surface area contributed by atoms with Gasteiger partial charge in [0.25, 0.3) is 5.91 Å². The Kier molecular flexibility index (Phi) is 7.03. The van der Waals surface area contributed by atoms with Gasteiger partial charge in [-0.05, 0) is 72.5 Å². The van der Waals surface area contributed by atoms with Crippen molar-refractivity contribution in [2.75, 3.05) is 12.0 Å². The number of carbonyl (C=O) groups is 1. The van der Waals surface area contributed by atoms with Crippen LogP contribution in [-0.4, -0.2) is 18.2 Å². The van der Waals surface area contributed by atoms with Gasteiger partial charge in [0.1, 0.15) is 11.4 Å². The summed E-state index contributed by atoms with van der Waals surface area (Å²) >= 11 is 1.22. The third-order valence-corrected chi connectivity index (χ3v) is 6.35. The maximum absolute atomic E-state index is 13.4. The maximum atomic E-state index is 13.4. The number of ether oxygens (including phenoxy) is 1. The number of hydrogen-bond acceptors (Lipinski definition) is 4. The van der Waals surface area contributed by atoms with E-state index in [4.69, 9.17) is 4.74 Å². The molecule has 0 saturated carbocycles. The van der Waals surface area contributed by atoms with Gasteiger partial charge in [0.05, 0.1) is 18.4 Å². The summed E-state index contributed by atoms with van der Waals surface area (Å²) < 4.78 is 44.6. The molecule has 0 bridgehead atoms. The summed E-state index contributed by atoms with van der Waals surface area (Å²) in [7, 11) is 1.58. The van der Waals surface area contributed by atoms with E-state index in [1.54, 1.807) is 31.4 Å². The first-order valence-corrected chi connectivity index (χ1v) is 11.8. The fourth-order valence-electron chi connectivity index (χ4n) is 3.74. The number of aliphatic imine (C=N–C) groups is 1. The van der Waals surface area contributed by atoms with Crippen molar-refractivity contribution in [3.8, 4) is 5.75 Å². The van der Waals surface area contributed by atoms with Gasteiger partial charge in [-0.1, -0.05) is 48.2 Å². The number of rotatable bonds is 5. The smallest absolute Gasteiger partial charge is 0.416 e. The molecule has 0 aromatic heterocycles. The molecule has 1 amide bonds. The van der Waals surface area contributed by atoms with Crippen molar-refractivity contribution in [3.63, 3.8) is 0 Å². The number of methoxy groups -OCH3 is 1. The van der Waals surface area contributed by atoms with Crippen LogP contribution in [0.4, 0.5) is 18.9 Å². The van der Waals surface area contributed by atoms with Gasteiger partial charge in [-0.3, -0.25) is 9.69 Å². The molecule has 1 heterocycles. The molecule has 0 aliphatic carbocycles. The fraction of sp³-hybridized carbons (Fsp3) is 0.185. The normalized spacial score (nSPS) is 15.0. The molecule has 1 aliphatic rings. The number of aryl methyl sites for hydroxylation is 2. The summed E-state index contributed by atoms with van der Waals surface area (Å²) in [5.41, 5.74) is 3.47. The summed E-state index contributed by atoms with van der Waals surface area (Å²) in [6.45, 7) is 3.88. The Hall–Kier alpha value is -3.52. The third kappa shape index (κ3) is 5.77. The number of thioether (sulfide) groups is 1. The predicted molar refractivity (Wildman–Crippen MR) is 135 cm³/mol. The lowest BCUT2D eigenvalue weighted by Gasteiger charge is -2.19. The van der Waals surface area contributed by atoms with Gasteiger partial charge >= 0.3 is 6.18 Å². The molecule has 0 radical (unpaired) electrons. The summed E-state index contributed by atoms with van der Waals surface area (Å²) in [6, 6.07) is 18.2. The second-order valence-electron chi connectivity index (χ2n) is 8.17. The summed E-state index contributed by atoms with van der Waals surface area (Å²) in [5.74, 6) is 0.632. The van der Waals surface area contributed by atoms with Gasteiger partial charge in [-0.15, -0.1) is 0 Å². The number of amidine groups is 1. The standard InChI is InChI=1S/C27H23F3N2O2S/c1-17-11-18(2)13-22(12-17)32-25(33)24(15-19-7-9-23(34-3)10-8-19)31-26(32)35-16-20-5-4-6-21(14-20)27(28,29)30/h4-15H,16H2,1-3H3. The van der Waals surface area contributed by atoms with Crippen molar-refractivity contribution in [3.05, 3.63) is 100 Å². The van der Waals surface area contributed by atoms with Crippen molar-refractivity contribution < 1.29 is 22.7 Å².